The Balaban J connectivity index is 1.38. The first-order chi connectivity index (χ1) is 17.6. The highest BCUT2D eigenvalue weighted by Crippen LogP contribution is 2.33. The molecule has 0 N–H and O–H groups in total. The fourth-order valence-electron chi connectivity index (χ4n) is 5.07. The van der Waals surface area contributed by atoms with Crippen LogP contribution in [-0.4, -0.2) is 60.6 Å². The Labute approximate surface area is 211 Å². The van der Waals surface area contributed by atoms with Crippen LogP contribution < -0.4 is 14.4 Å². The van der Waals surface area contributed by atoms with Crippen LogP contribution in [0.5, 0.6) is 11.5 Å². The molecule has 1 aliphatic rings. The lowest BCUT2D eigenvalue weighted by atomic mass is 9.91. The maximum atomic E-state index is 13.6. The minimum Gasteiger partial charge on any atom is -0.497 e. The van der Waals surface area contributed by atoms with Crippen molar-refractivity contribution in [1.82, 2.24) is 14.3 Å². The Morgan fingerprint density at radius 1 is 0.972 bits per heavy atom. The lowest BCUT2D eigenvalue weighted by Gasteiger charge is -2.37. The quantitative estimate of drug-likeness (QED) is 0.386. The Hall–Kier alpha value is -4.00. The van der Waals surface area contributed by atoms with Crippen LogP contribution in [0.15, 0.2) is 73.1 Å². The zero-order valence-electron chi connectivity index (χ0n) is 21.1. The van der Waals surface area contributed by atoms with Gasteiger partial charge < -0.3 is 23.7 Å². The first-order valence-electron chi connectivity index (χ1n) is 12.3. The maximum Gasteiger partial charge on any atom is 0.223 e. The molecule has 1 unspecified atom stereocenters. The highest BCUT2D eigenvalue weighted by molar-refractivity contribution is 5.78. The molecule has 0 aliphatic carbocycles. The topological polar surface area (TPSA) is 59.3 Å². The van der Waals surface area contributed by atoms with Crippen molar-refractivity contribution in [1.29, 1.82) is 0 Å². The van der Waals surface area contributed by atoms with E-state index in [1.54, 1.807) is 14.2 Å². The van der Waals surface area contributed by atoms with Gasteiger partial charge in [-0.05, 0) is 48.4 Å². The molecule has 3 heterocycles. The van der Waals surface area contributed by atoms with Crippen molar-refractivity contribution in [2.75, 3.05) is 45.3 Å². The number of imidazole rings is 1. The summed E-state index contributed by atoms with van der Waals surface area (Å²) >= 11 is 0. The number of nitrogens with zero attached hydrogens (tertiary/aromatic N) is 4. The summed E-state index contributed by atoms with van der Waals surface area (Å²) in [6, 6.07) is 20.1. The number of carbonyl (C=O) groups is 1. The number of rotatable bonds is 7. The molecule has 2 aromatic heterocycles. The van der Waals surface area contributed by atoms with Crippen LogP contribution in [0, 0.1) is 6.92 Å². The van der Waals surface area contributed by atoms with Gasteiger partial charge in [-0.3, -0.25) is 4.79 Å². The molecule has 5 rings (SSSR count). The molecule has 4 aromatic rings. The Morgan fingerprint density at radius 3 is 2.56 bits per heavy atom. The summed E-state index contributed by atoms with van der Waals surface area (Å²) in [5, 5.41) is 0. The number of anilines is 1. The molecule has 1 amide bonds. The van der Waals surface area contributed by atoms with Crippen LogP contribution in [0.4, 0.5) is 5.69 Å². The van der Waals surface area contributed by atoms with Gasteiger partial charge >= 0.3 is 0 Å². The van der Waals surface area contributed by atoms with Crippen molar-refractivity contribution in [3.05, 3.63) is 89.9 Å². The lowest BCUT2D eigenvalue weighted by Crippen LogP contribution is -2.49. The predicted molar refractivity (Wildman–Crippen MR) is 141 cm³/mol. The minimum absolute atomic E-state index is 0.142. The van der Waals surface area contributed by atoms with Crippen molar-refractivity contribution >= 4 is 17.2 Å². The zero-order chi connectivity index (χ0) is 25.1. The number of piperazine rings is 1. The third-order valence-corrected chi connectivity index (χ3v) is 7.05. The van der Waals surface area contributed by atoms with Crippen molar-refractivity contribution in [2.45, 2.75) is 19.3 Å². The van der Waals surface area contributed by atoms with E-state index in [1.807, 2.05) is 59.8 Å². The minimum atomic E-state index is -0.142. The Bertz CT molecular complexity index is 1360. The molecule has 0 bridgehead atoms. The number of carbonyl (C=O) groups excluding carboxylic acids is 1. The molecule has 2 aromatic carbocycles. The number of aryl methyl sites for hydroxylation is 1. The second-order valence-electron chi connectivity index (χ2n) is 9.14. The predicted octanol–water partition coefficient (Wildman–Crippen LogP) is 4.53. The number of benzene rings is 2. The molecule has 0 spiro atoms. The molecule has 186 valence electrons. The van der Waals surface area contributed by atoms with Gasteiger partial charge in [0, 0.05) is 50.9 Å². The third-order valence-electron chi connectivity index (χ3n) is 7.05. The summed E-state index contributed by atoms with van der Waals surface area (Å²) in [4.78, 5) is 22.6. The van der Waals surface area contributed by atoms with Crippen molar-refractivity contribution in [3.8, 4) is 11.5 Å². The van der Waals surface area contributed by atoms with Gasteiger partial charge in [0.15, 0.2) is 0 Å². The Morgan fingerprint density at radius 2 is 1.78 bits per heavy atom. The average Bonchev–Trinajstić information content (AvgIpc) is 3.37. The van der Waals surface area contributed by atoms with Gasteiger partial charge in [0.2, 0.25) is 5.91 Å². The molecule has 7 heteroatoms. The van der Waals surface area contributed by atoms with Gasteiger partial charge in [-0.1, -0.05) is 30.3 Å². The molecule has 1 atom stereocenters. The smallest absolute Gasteiger partial charge is 0.223 e. The number of methoxy groups -OCH3 is 2. The van der Waals surface area contributed by atoms with E-state index in [2.05, 4.69) is 39.4 Å². The molecule has 1 aliphatic heterocycles. The van der Waals surface area contributed by atoms with Crippen LogP contribution in [0.1, 0.15) is 29.2 Å². The average molecular weight is 485 g/mol. The summed E-state index contributed by atoms with van der Waals surface area (Å²) in [5.41, 5.74) is 5.13. The maximum absolute atomic E-state index is 13.6. The monoisotopic (exact) mass is 484 g/mol. The molecular weight excluding hydrogens is 452 g/mol. The van der Waals surface area contributed by atoms with Gasteiger partial charge in [-0.15, -0.1) is 0 Å². The molecule has 0 saturated carbocycles. The van der Waals surface area contributed by atoms with Crippen molar-refractivity contribution < 1.29 is 14.3 Å². The number of pyridine rings is 1. The number of hydrogen-bond donors (Lipinski definition) is 0. The standard InChI is InChI=1S/C29H32N4O3/c1-21-8-7-13-33-26(20-30-29(21)33)24(22-9-6-10-23(18-22)35-2)19-28(34)32-16-14-31(15-17-32)25-11-4-5-12-27(25)36-3/h4-13,18,20,24H,14-17,19H2,1-3H3. The van der Waals surface area contributed by atoms with Gasteiger partial charge in [-0.2, -0.15) is 0 Å². The molecule has 7 nitrogen and oxygen atoms in total. The second-order valence-corrected chi connectivity index (χ2v) is 9.14. The first kappa shape index (κ1) is 23.7. The van der Waals surface area contributed by atoms with E-state index in [9.17, 15) is 4.79 Å². The number of aromatic nitrogens is 2. The highest BCUT2D eigenvalue weighted by atomic mass is 16.5. The molecule has 0 radical (unpaired) electrons. The van der Waals surface area contributed by atoms with Gasteiger partial charge in [0.1, 0.15) is 17.1 Å². The van der Waals surface area contributed by atoms with Gasteiger partial charge in [0.05, 0.1) is 25.6 Å². The third kappa shape index (κ3) is 4.61. The molecular formula is C29H32N4O3. The molecule has 1 fully saturated rings. The second kappa shape index (κ2) is 10.3. The van der Waals surface area contributed by atoms with Crippen LogP contribution >= 0.6 is 0 Å². The van der Waals surface area contributed by atoms with Crippen molar-refractivity contribution in [3.63, 3.8) is 0 Å². The van der Waals surface area contributed by atoms with Crippen molar-refractivity contribution in [2.24, 2.45) is 0 Å². The summed E-state index contributed by atoms with van der Waals surface area (Å²) in [6.07, 6.45) is 4.29. The normalized spacial score (nSPS) is 14.6. The van der Waals surface area contributed by atoms with E-state index in [0.717, 1.165) is 52.7 Å². The highest BCUT2D eigenvalue weighted by Gasteiger charge is 2.28. The summed E-state index contributed by atoms with van der Waals surface area (Å²) in [7, 11) is 3.36. The summed E-state index contributed by atoms with van der Waals surface area (Å²) in [6.45, 7) is 4.94. The van der Waals surface area contributed by atoms with E-state index in [-0.39, 0.29) is 11.8 Å². The number of amides is 1. The van der Waals surface area contributed by atoms with Crippen LogP contribution in [0.2, 0.25) is 0 Å². The Kier molecular flexibility index (Phi) is 6.80. The van der Waals surface area contributed by atoms with Gasteiger partial charge in [0.25, 0.3) is 0 Å². The van der Waals surface area contributed by atoms with Gasteiger partial charge in [-0.25, -0.2) is 4.98 Å². The number of hydrogen-bond acceptors (Lipinski definition) is 5. The number of ether oxygens (including phenoxy) is 2. The van der Waals surface area contributed by atoms with Crippen LogP contribution in [0.25, 0.3) is 5.65 Å². The van der Waals surface area contributed by atoms with E-state index >= 15 is 0 Å². The van der Waals surface area contributed by atoms with E-state index in [0.29, 0.717) is 19.5 Å². The zero-order valence-corrected chi connectivity index (χ0v) is 21.1. The fourth-order valence-corrected chi connectivity index (χ4v) is 5.07. The molecule has 1 saturated heterocycles. The SMILES string of the molecule is COc1cccc(C(CC(=O)N2CCN(c3ccccc3OC)CC2)c2cnc3c(C)cccn23)c1. The van der Waals surface area contributed by atoms with E-state index < -0.39 is 0 Å². The summed E-state index contributed by atoms with van der Waals surface area (Å²) < 4.78 is 13.1. The first-order valence-corrected chi connectivity index (χ1v) is 12.3. The number of para-hydroxylation sites is 2. The van der Waals surface area contributed by atoms with E-state index in [4.69, 9.17) is 9.47 Å². The largest absolute Gasteiger partial charge is 0.497 e. The van der Waals surface area contributed by atoms with E-state index in [1.165, 1.54) is 0 Å². The fraction of sp³-hybridized carbons (Fsp3) is 0.310. The van der Waals surface area contributed by atoms with Crippen LogP contribution in [0.3, 0.4) is 0 Å². The van der Waals surface area contributed by atoms with Crippen LogP contribution in [-0.2, 0) is 4.79 Å². The number of fused-ring (bicyclic) bond motifs is 1. The molecule has 36 heavy (non-hydrogen) atoms. The lowest BCUT2D eigenvalue weighted by molar-refractivity contribution is -0.131. The summed E-state index contributed by atoms with van der Waals surface area (Å²) in [5.74, 6) is 1.64.